The van der Waals surface area contributed by atoms with Gasteiger partial charge in [-0.1, -0.05) is 12.1 Å². The van der Waals surface area contributed by atoms with Crippen LogP contribution in [0.3, 0.4) is 0 Å². The normalized spacial score (nSPS) is 16.0. The molecule has 3 aromatic rings. The van der Waals surface area contributed by atoms with Crippen LogP contribution in [0, 0.1) is 10.1 Å². The number of piperidine rings is 2. The molecule has 0 amide bonds. The van der Waals surface area contributed by atoms with Crippen molar-refractivity contribution in [2.75, 3.05) is 41.4 Å². The number of nitrogens with zero attached hydrogens (tertiary/aromatic N) is 7. The molecule has 5 rings (SSSR count). The minimum absolute atomic E-state index is 0.0590. The van der Waals surface area contributed by atoms with E-state index in [0.29, 0.717) is 30.2 Å². The molecule has 1 N–H and O–H groups in total. The van der Waals surface area contributed by atoms with E-state index in [2.05, 4.69) is 30.3 Å². The number of hydrogen-bond acceptors (Lipinski definition) is 10. The first-order chi connectivity index (χ1) is 18.6. The Labute approximate surface area is 221 Å². The van der Waals surface area contributed by atoms with Gasteiger partial charge in [-0.2, -0.15) is 20.1 Å². The zero-order valence-corrected chi connectivity index (χ0v) is 21.3. The third-order valence-corrected chi connectivity index (χ3v) is 6.68. The van der Waals surface area contributed by atoms with Crippen molar-refractivity contribution in [3.8, 4) is 5.75 Å². The number of ether oxygens (including phenoxy) is 1. The highest BCUT2D eigenvalue weighted by Crippen LogP contribution is 2.23. The zero-order chi connectivity index (χ0) is 26.2. The van der Waals surface area contributed by atoms with Crippen molar-refractivity contribution in [2.45, 2.75) is 45.1 Å². The van der Waals surface area contributed by atoms with Crippen LogP contribution in [0.5, 0.6) is 5.75 Å². The standard InChI is InChI=1S/C27H32N8O3/c36-35(37)23-12-10-21(11-13-23)20-38-24-9-7-8-22(18-24)19-28-32-25-29-26(33-14-3-1-4-15-33)31-27(30-25)34-16-5-2-6-17-34/h7-13,18-19H,1-6,14-17,20H2,(H,29,30,31,32). The van der Waals surface area contributed by atoms with Crippen molar-refractivity contribution in [1.82, 2.24) is 15.0 Å². The second kappa shape index (κ2) is 12.3. The summed E-state index contributed by atoms with van der Waals surface area (Å²) in [6.45, 7) is 4.13. The Bertz CT molecular complexity index is 1220. The van der Waals surface area contributed by atoms with Gasteiger partial charge in [-0.15, -0.1) is 0 Å². The van der Waals surface area contributed by atoms with E-state index in [1.807, 2.05) is 24.3 Å². The van der Waals surface area contributed by atoms with E-state index in [-0.39, 0.29) is 5.69 Å². The van der Waals surface area contributed by atoms with Crippen LogP contribution in [0.1, 0.15) is 49.7 Å². The fraction of sp³-hybridized carbons (Fsp3) is 0.407. The number of rotatable bonds is 9. The van der Waals surface area contributed by atoms with Crippen LogP contribution in [0.2, 0.25) is 0 Å². The lowest BCUT2D eigenvalue weighted by Gasteiger charge is -2.30. The van der Waals surface area contributed by atoms with Crippen molar-refractivity contribution in [1.29, 1.82) is 0 Å². The van der Waals surface area contributed by atoms with Crippen LogP contribution < -0.4 is 20.0 Å². The third kappa shape index (κ3) is 6.72. The number of nitro benzene ring substituents is 1. The Morgan fingerprint density at radius 3 is 2.13 bits per heavy atom. The van der Waals surface area contributed by atoms with Gasteiger partial charge in [-0.25, -0.2) is 5.43 Å². The molecule has 198 valence electrons. The number of aromatic nitrogens is 3. The van der Waals surface area contributed by atoms with Crippen LogP contribution in [-0.4, -0.2) is 52.3 Å². The SMILES string of the molecule is O=[N+]([O-])c1ccc(COc2cccc(C=NNc3nc(N4CCCCC4)nc(N4CCCCC4)n3)c2)cc1. The summed E-state index contributed by atoms with van der Waals surface area (Å²) in [7, 11) is 0. The fourth-order valence-corrected chi connectivity index (χ4v) is 4.60. The van der Waals surface area contributed by atoms with Crippen molar-refractivity contribution in [3.63, 3.8) is 0 Å². The minimum atomic E-state index is -0.415. The lowest BCUT2D eigenvalue weighted by molar-refractivity contribution is -0.384. The van der Waals surface area contributed by atoms with Gasteiger partial charge < -0.3 is 14.5 Å². The summed E-state index contributed by atoms with van der Waals surface area (Å²) in [4.78, 5) is 29.0. The number of hydrazone groups is 1. The molecule has 11 nitrogen and oxygen atoms in total. The predicted molar refractivity (Wildman–Crippen MR) is 147 cm³/mol. The molecule has 3 heterocycles. The lowest BCUT2D eigenvalue weighted by atomic mass is 10.1. The van der Waals surface area contributed by atoms with Gasteiger partial charge in [-0.05, 0) is 73.9 Å². The first-order valence-electron chi connectivity index (χ1n) is 13.2. The van der Waals surface area contributed by atoms with E-state index in [9.17, 15) is 10.1 Å². The van der Waals surface area contributed by atoms with Crippen LogP contribution in [0.25, 0.3) is 0 Å². The maximum Gasteiger partial charge on any atom is 0.269 e. The molecule has 0 bridgehead atoms. The summed E-state index contributed by atoms with van der Waals surface area (Å²) in [5, 5.41) is 15.2. The predicted octanol–water partition coefficient (Wildman–Crippen LogP) is 4.79. The maximum absolute atomic E-state index is 10.8. The molecule has 2 saturated heterocycles. The molecule has 0 atom stereocenters. The van der Waals surface area contributed by atoms with Crippen molar-refractivity contribution < 1.29 is 9.66 Å². The maximum atomic E-state index is 10.8. The molecule has 0 saturated carbocycles. The quantitative estimate of drug-likeness (QED) is 0.243. The van der Waals surface area contributed by atoms with Crippen LogP contribution in [-0.2, 0) is 6.61 Å². The summed E-state index contributed by atoms with van der Waals surface area (Å²) >= 11 is 0. The van der Waals surface area contributed by atoms with Crippen LogP contribution >= 0.6 is 0 Å². The smallest absolute Gasteiger partial charge is 0.269 e. The molecule has 2 aliphatic heterocycles. The number of anilines is 3. The number of non-ortho nitro benzene ring substituents is 1. The van der Waals surface area contributed by atoms with Crippen molar-refractivity contribution in [2.24, 2.45) is 5.10 Å². The first kappa shape index (κ1) is 25.4. The van der Waals surface area contributed by atoms with E-state index in [4.69, 9.17) is 9.72 Å². The van der Waals surface area contributed by atoms with E-state index in [0.717, 1.165) is 63.0 Å². The van der Waals surface area contributed by atoms with E-state index >= 15 is 0 Å². The Morgan fingerprint density at radius 2 is 1.53 bits per heavy atom. The number of hydrogen-bond donors (Lipinski definition) is 1. The molecule has 38 heavy (non-hydrogen) atoms. The highest BCUT2D eigenvalue weighted by Gasteiger charge is 2.20. The summed E-state index contributed by atoms with van der Waals surface area (Å²) in [5.74, 6) is 2.52. The Morgan fingerprint density at radius 1 is 0.895 bits per heavy atom. The second-order valence-electron chi connectivity index (χ2n) is 9.51. The Kier molecular flexibility index (Phi) is 8.22. The van der Waals surface area contributed by atoms with E-state index in [1.165, 1.54) is 25.0 Å². The number of nitrogens with one attached hydrogen (secondary N) is 1. The Hall–Kier alpha value is -4.28. The lowest BCUT2D eigenvalue weighted by Crippen LogP contribution is -2.34. The molecule has 2 aromatic carbocycles. The summed E-state index contributed by atoms with van der Waals surface area (Å²) in [5.41, 5.74) is 4.76. The van der Waals surface area contributed by atoms with Gasteiger partial charge in [0.15, 0.2) is 0 Å². The van der Waals surface area contributed by atoms with Gasteiger partial charge in [0, 0.05) is 38.3 Å². The summed E-state index contributed by atoms with van der Waals surface area (Å²) in [6.07, 6.45) is 8.77. The van der Waals surface area contributed by atoms with Gasteiger partial charge in [0.25, 0.3) is 5.69 Å². The molecule has 1 aromatic heterocycles. The van der Waals surface area contributed by atoms with Crippen LogP contribution in [0.15, 0.2) is 53.6 Å². The topological polar surface area (TPSA) is 122 Å². The number of benzene rings is 2. The molecule has 2 aliphatic rings. The molecule has 11 heteroatoms. The summed E-state index contributed by atoms with van der Waals surface area (Å²) in [6, 6.07) is 13.9. The first-order valence-corrected chi connectivity index (χ1v) is 13.2. The third-order valence-electron chi connectivity index (χ3n) is 6.68. The van der Waals surface area contributed by atoms with E-state index < -0.39 is 4.92 Å². The number of nitro groups is 1. The molecular formula is C27H32N8O3. The molecule has 0 spiro atoms. The second-order valence-corrected chi connectivity index (χ2v) is 9.51. The van der Waals surface area contributed by atoms with Gasteiger partial charge >= 0.3 is 0 Å². The van der Waals surface area contributed by atoms with E-state index in [1.54, 1.807) is 18.3 Å². The van der Waals surface area contributed by atoms with Crippen LogP contribution in [0.4, 0.5) is 23.5 Å². The van der Waals surface area contributed by atoms with Gasteiger partial charge in [0.05, 0.1) is 11.1 Å². The average molecular weight is 517 g/mol. The molecule has 0 aliphatic carbocycles. The molecular weight excluding hydrogens is 484 g/mol. The fourth-order valence-electron chi connectivity index (χ4n) is 4.60. The van der Waals surface area contributed by atoms with Crippen molar-refractivity contribution >= 4 is 29.7 Å². The van der Waals surface area contributed by atoms with Gasteiger partial charge in [-0.3, -0.25) is 10.1 Å². The van der Waals surface area contributed by atoms with Gasteiger partial charge in [0.1, 0.15) is 12.4 Å². The average Bonchev–Trinajstić information content (AvgIpc) is 2.97. The monoisotopic (exact) mass is 516 g/mol. The Balaban J connectivity index is 1.25. The van der Waals surface area contributed by atoms with Crippen molar-refractivity contribution in [3.05, 3.63) is 69.8 Å². The summed E-state index contributed by atoms with van der Waals surface area (Å²) < 4.78 is 5.87. The molecule has 0 unspecified atom stereocenters. The highest BCUT2D eigenvalue weighted by molar-refractivity contribution is 5.80. The van der Waals surface area contributed by atoms with Gasteiger partial charge in [0.2, 0.25) is 17.8 Å². The molecule has 0 radical (unpaired) electrons. The largest absolute Gasteiger partial charge is 0.489 e. The zero-order valence-electron chi connectivity index (χ0n) is 21.3. The molecule has 2 fully saturated rings. The minimum Gasteiger partial charge on any atom is -0.489 e. The highest BCUT2D eigenvalue weighted by atomic mass is 16.6.